The number of carbonyl (C=O) groups excluding carboxylic acids is 1. The summed E-state index contributed by atoms with van der Waals surface area (Å²) < 4.78 is 22.4. The van der Waals surface area contributed by atoms with Crippen LogP contribution in [-0.2, 0) is 9.84 Å². The van der Waals surface area contributed by atoms with Gasteiger partial charge in [-0.2, -0.15) is 0 Å². The lowest BCUT2D eigenvalue weighted by molar-refractivity contribution is -0.384. The number of hydrogen-bond donors (Lipinski definition) is 0. The second kappa shape index (κ2) is 6.01. The Morgan fingerprint density at radius 2 is 2.00 bits per heavy atom. The van der Waals surface area contributed by atoms with Crippen molar-refractivity contribution in [1.29, 1.82) is 0 Å². The van der Waals surface area contributed by atoms with Gasteiger partial charge in [0.1, 0.15) is 0 Å². The van der Waals surface area contributed by atoms with Crippen molar-refractivity contribution in [3.8, 4) is 0 Å². The molecule has 0 amide bonds. The van der Waals surface area contributed by atoms with Crippen molar-refractivity contribution in [1.82, 2.24) is 0 Å². The minimum absolute atomic E-state index is 0.00468. The molecule has 20 heavy (non-hydrogen) atoms. The molecule has 0 aromatic heterocycles. The minimum Gasteiger partial charge on any atom is -0.291 e. The first-order valence-corrected chi connectivity index (χ1v) is 8.34. The summed E-state index contributed by atoms with van der Waals surface area (Å²) in [4.78, 5) is 22.5. The average Bonchev–Trinajstić information content (AvgIpc) is 2.45. The highest BCUT2D eigenvalue weighted by Gasteiger charge is 2.46. The van der Waals surface area contributed by atoms with E-state index in [4.69, 9.17) is 0 Å². The van der Waals surface area contributed by atoms with Crippen LogP contribution in [0.1, 0.15) is 30.6 Å². The van der Waals surface area contributed by atoms with Crippen LogP contribution in [0.4, 0.5) is 5.69 Å². The number of nitro groups is 1. The number of rotatable bonds is 6. The lowest BCUT2D eigenvalue weighted by atomic mass is 10.1. The molecule has 0 aliphatic heterocycles. The molecule has 1 rings (SSSR count). The van der Waals surface area contributed by atoms with Crippen molar-refractivity contribution in [3.05, 3.63) is 39.9 Å². The molecule has 6 nitrogen and oxygen atoms in total. The predicted molar refractivity (Wildman–Crippen MR) is 78.8 cm³/mol. The van der Waals surface area contributed by atoms with Crippen molar-refractivity contribution in [2.75, 3.05) is 5.75 Å². The number of nitrogens with zero attached hydrogens (tertiary/aromatic N) is 1. The van der Waals surface area contributed by atoms with Crippen molar-refractivity contribution in [3.63, 3.8) is 0 Å². The number of Topliss-reactive ketones (excluding diaryl/α,β-unsaturated/α-hetero) is 1. The molecule has 0 saturated heterocycles. The Kier molecular flexibility index (Phi) is 5.04. The zero-order valence-electron chi connectivity index (χ0n) is 11.0. The Morgan fingerprint density at radius 3 is 2.45 bits per heavy atom. The summed E-state index contributed by atoms with van der Waals surface area (Å²) in [5.41, 5.74) is -0.259. The SMILES string of the molecule is CCC(Br)(C(=O)c1cccc([N+](=O)[O-])c1)S(=O)(=O)CC. The van der Waals surface area contributed by atoms with Crippen LogP contribution in [0.15, 0.2) is 24.3 Å². The smallest absolute Gasteiger partial charge is 0.270 e. The van der Waals surface area contributed by atoms with Gasteiger partial charge in [-0.25, -0.2) is 8.42 Å². The van der Waals surface area contributed by atoms with Gasteiger partial charge in [-0.15, -0.1) is 0 Å². The Morgan fingerprint density at radius 1 is 1.40 bits per heavy atom. The van der Waals surface area contributed by atoms with Crippen LogP contribution in [0.25, 0.3) is 0 Å². The molecule has 0 heterocycles. The molecule has 0 aliphatic carbocycles. The summed E-state index contributed by atoms with van der Waals surface area (Å²) in [6.45, 7) is 3.01. The second-order valence-corrected chi connectivity index (χ2v) is 8.50. The summed E-state index contributed by atoms with van der Waals surface area (Å²) in [5.74, 6) is -0.891. The van der Waals surface area contributed by atoms with Crippen LogP contribution < -0.4 is 0 Å². The molecule has 0 fully saturated rings. The number of ketones is 1. The Hall–Kier alpha value is -1.28. The molecule has 8 heteroatoms. The van der Waals surface area contributed by atoms with Crippen molar-refractivity contribution in [2.45, 2.75) is 23.9 Å². The molecule has 110 valence electrons. The molecule has 0 aliphatic rings. The zero-order valence-corrected chi connectivity index (χ0v) is 13.4. The lowest BCUT2D eigenvalue weighted by Crippen LogP contribution is -2.41. The number of nitro benzene ring substituents is 1. The van der Waals surface area contributed by atoms with E-state index in [2.05, 4.69) is 15.9 Å². The van der Waals surface area contributed by atoms with Gasteiger partial charge in [-0.1, -0.05) is 41.9 Å². The predicted octanol–water partition coefficient (Wildman–Crippen LogP) is 2.71. The Balaban J connectivity index is 3.36. The van der Waals surface area contributed by atoms with E-state index in [1.165, 1.54) is 25.1 Å². The van der Waals surface area contributed by atoms with Crippen LogP contribution in [0, 0.1) is 10.1 Å². The molecular weight excluding hydrogens is 350 g/mol. The molecule has 1 aromatic rings. The van der Waals surface area contributed by atoms with E-state index in [-0.39, 0.29) is 23.4 Å². The van der Waals surface area contributed by atoms with Gasteiger partial charge in [-0.3, -0.25) is 14.9 Å². The van der Waals surface area contributed by atoms with E-state index in [1.54, 1.807) is 6.92 Å². The van der Waals surface area contributed by atoms with Crippen LogP contribution in [0.3, 0.4) is 0 Å². The van der Waals surface area contributed by atoms with Crippen LogP contribution in [-0.4, -0.2) is 28.5 Å². The molecule has 0 N–H and O–H groups in total. The van der Waals surface area contributed by atoms with Gasteiger partial charge in [0.25, 0.3) is 5.69 Å². The fourth-order valence-corrected chi connectivity index (χ4v) is 3.94. The van der Waals surface area contributed by atoms with E-state index < -0.39 is 24.2 Å². The molecule has 1 unspecified atom stereocenters. The number of carbonyl (C=O) groups is 1. The lowest BCUT2D eigenvalue weighted by Gasteiger charge is -2.23. The zero-order chi connectivity index (χ0) is 15.6. The third-order valence-electron chi connectivity index (χ3n) is 2.99. The topological polar surface area (TPSA) is 94.3 Å². The van der Waals surface area contributed by atoms with Gasteiger partial charge in [0, 0.05) is 23.4 Å². The molecule has 0 saturated carbocycles. The van der Waals surface area contributed by atoms with E-state index in [9.17, 15) is 23.3 Å². The molecule has 1 aromatic carbocycles. The number of non-ortho nitro benzene ring substituents is 1. The maximum Gasteiger partial charge on any atom is 0.270 e. The summed E-state index contributed by atoms with van der Waals surface area (Å²) in [6, 6.07) is 5.05. The summed E-state index contributed by atoms with van der Waals surface area (Å²) in [5, 5.41) is 10.7. The fraction of sp³-hybridized carbons (Fsp3) is 0.417. The first-order valence-electron chi connectivity index (χ1n) is 5.90. The quantitative estimate of drug-likeness (QED) is 0.335. The van der Waals surface area contributed by atoms with Gasteiger partial charge in [0.15, 0.2) is 19.3 Å². The largest absolute Gasteiger partial charge is 0.291 e. The standard InChI is InChI=1S/C12H14BrNO5S/c1-3-12(13,20(18,19)4-2)11(15)9-6-5-7-10(8-9)14(16)17/h5-8H,3-4H2,1-2H3. The molecule has 1 atom stereocenters. The van der Waals surface area contributed by atoms with E-state index >= 15 is 0 Å². The van der Waals surface area contributed by atoms with E-state index in [1.807, 2.05) is 0 Å². The fourth-order valence-electron chi connectivity index (χ4n) is 1.73. The average molecular weight is 364 g/mol. The highest BCUT2D eigenvalue weighted by Crippen LogP contribution is 2.34. The first-order chi connectivity index (χ1) is 9.19. The van der Waals surface area contributed by atoms with Gasteiger partial charge >= 0.3 is 0 Å². The normalized spacial score (nSPS) is 14.6. The third kappa shape index (κ3) is 2.90. The Bertz CT molecular complexity index is 643. The second-order valence-electron chi connectivity index (χ2n) is 4.12. The first kappa shape index (κ1) is 16.8. The number of benzene rings is 1. The molecule has 0 spiro atoms. The van der Waals surface area contributed by atoms with Crippen molar-refractivity contribution in [2.24, 2.45) is 0 Å². The highest BCUT2D eigenvalue weighted by atomic mass is 79.9. The summed E-state index contributed by atoms with van der Waals surface area (Å²) in [7, 11) is -3.69. The van der Waals surface area contributed by atoms with Gasteiger partial charge < -0.3 is 0 Å². The molecule has 0 bridgehead atoms. The summed E-state index contributed by atoms with van der Waals surface area (Å²) >= 11 is 3.02. The van der Waals surface area contributed by atoms with Gasteiger partial charge in [0.05, 0.1) is 4.92 Å². The van der Waals surface area contributed by atoms with E-state index in [0.29, 0.717) is 0 Å². The molecular formula is C12H14BrNO5S. The highest BCUT2D eigenvalue weighted by molar-refractivity contribution is 9.12. The summed E-state index contributed by atoms with van der Waals surface area (Å²) in [6.07, 6.45) is 0.0324. The van der Waals surface area contributed by atoms with Crippen LogP contribution in [0.5, 0.6) is 0 Å². The van der Waals surface area contributed by atoms with Gasteiger partial charge in [0.2, 0.25) is 0 Å². The van der Waals surface area contributed by atoms with Gasteiger partial charge in [-0.05, 0) is 6.42 Å². The van der Waals surface area contributed by atoms with Crippen molar-refractivity contribution >= 4 is 37.2 Å². The number of halogens is 1. The maximum absolute atomic E-state index is 12.4. The molecule has 0 radical (unpaired) electrons. The van der Waals surface area contributed by atoms with Crippen LogP contribution >= 0.6 is 15.9 Å². The van der Waals surface area contributed by atoms with Crippen LogP contribution in [0.2, 0.25) is 0 Å². The number of hydrogen-bond acceptors (Lipinski definition) is 5. The van der Waals surface area contributed by atoms with Crippen molar-refractivity contribution < 1.29 is 18.1 Å². The van der Waals surface area contributed by atoms with E-state index in [0.717, 1.165) is 6.07 Å². The third-order valence-corrected chi connectivity index (χ3v) is 7.61. The Labute approximate surface area is 125 Å². The minimum atomic E-state index is -3.69. The monoisotopic (exact) mass is 363 g/mol. The maximum atomic E-state index is 12.4. The number of alkyl halides is 1. The number of sulfone groups is 1.